The fraction of sp³-hybridized carbons (Fsp3) is 0.565. The summed E-state index contributed by atoms with van der Waals surface area (Å²) in [5.74, 6) is -0.776. The maximum atomic E-state index is 13.0. The highest BCUT2D eigenvalue weighted by atomic mass is 16.5. The van der Waals surface area contributed by atoms with Gasteiger partial charge in [0.15, 0.2) is 0 Å². The van der Waals surface area contributed by atoms with Gasteiger partial charge in [0.25, 0.3) is 0 Å². The normalized spacial score (nSPS) is 22.4. The maximum absolute atomic E-state index is 13.0. The SMILES string of the molecule is C[C@@H](CCc1cccc2c1n(C)c(=O)n2C1CCC(=O)NC1=O)OC1CCCCN1C(=O)O. The van der Waals surface area contributed by atoms with Gasteiger partial charge in [-0.15, -0.1) is 0 Å². The summed E-state index contributed by atoms with van der Waals surface area (Å²) in [6, 6.07) is 4.91. The molecule has 0 spiro atoms. The lowest BCUT2D eigenvalue weighted by Gasteiger charge is -2.35. The van der Waals surface area contributed by atoms with E-state index in [4.69, 9.17) is 4.74 Å². The molecule has 2 aliphatic rings. The lowest BCUT2D eigenvalue weighted by atomic mass is 10.0. The smallest absolute Gasteiger partial charge is 0.409 e. The monoisotopic (exact) mass is 458 g/mol. The first-order valence-electron chi connectivity index (χ1n) is 11.5. The van der Waals surface area contributed by atoms with Gasteiger partial charge in [0.05, 0.1) is 17.1 Å². The lowest BCUT2D eigenvalue weighted by molar-refractivity contribution is -0.135. The van der Waals surface area contributed by atoms with E-state index < -0.39 is 24.3 Å². The number of imidazole rings is 1. The summed E-state index contributed by atoms with van der Waals surface area (Å²) in [6.07, 6.45) is 2.70. The minimum atomic E-state index is -0.957. The van der Waals surface area contributed by atoms with Crippen LogP contribution in [-0.2, 0) is 27.8 Å². The third-order valence-electron chi connectivity index (χ3n) is 6.61. The predicted molar refractivity (Wildman–Crippen MR) is 120 cm³/mol. The Morgan fingerprint density at radius 2 is 2.03 bits per heavy atom. The zero-order chi connectivity index (χ0) is 23.7. The topological polar surface area (TPSA) is 123 Å². The van der Waals surface area contributed by atoms with E-state index in [1.165, 1.54) is 9.47 Å². The van der Waals surface area contributed by atoms with E-state index in [2.05, 4.69) is 5.32 Å². The van der Waals surface area contributed by atoms with E-state index in [1.54, 1.807) is 11.6 Å². The van der Waals surface area contributed by atoms with Gasteiger partial charge < -0.3 is 9.84 Å². The second-order valence-corrected chi connectivity index (χ2v) is 8.88. The van der Waals surface area contributed by atoms with Crippen LogP contribution in [-0.4, -0.2) is 55.9 Å². The number of amides is 3. The molecular formula is C23H30N4O6. The summed E-state index contributed by atoms with van der Waals surface area (Å²) in [5.41, 5.74) is 2.07. The number of carboxylic acid groups (broad SMARTS) is 1. The first kappa shape index (κ1) is 23.0. The van der Waals surface area contributed by atoms with Crippen LogP contribution < -0.4 is 11.0 Å². The van der Waals surface area contributed by atoms with Crippen molar-refractivity contribution in [3.05, 3.63) is 34.2 Å². The van der Waals surface area contributed by atoms with Gasteiger partial charge in [0.1, 0.15) is 12.3 Å². The molecule has 178 valence electrons. The minimum Gasteiger partial charge on any atom is -0.465 e. The van der Waals surface area contributed by atoms with E-state index in [0.717, 1.165) is 23.9 Å². The Morgan fingerprint density at radius 3 is 2.76 bits per heavy atom. The van der Waals surface area contributed by atoms with Crippen LogP contribution in [0.3, 0.4) is 0 Å². The third-order valence-corrected chi connectivity index (χ3v) is 6.61. The zero-order valence-corrected chi connectivity index (χ0v) is 19.0. The van der Waals surface area contributed by atoms with Gasteiger partial charge in [0, 0.05) is 20.0 Å². The van der Waals surface area contributed by atoms with E-state index in [1.807, 2.05) is 25.1 Å². The molecule has 2 unspecified atom stereocenters. The number of nitrogens with one attached hydrogen (secondary N) is 1. The maximum Gasteiger partial charge on any atom is 0.409 e. The Labute approximate surface area is 191 Å². The third kappa shape index (κ3) is 4.52. The summed E-state index contributed by atoms with van der Waals surface area (Å²) < 4.78 is 9.09. The summed E-state index contributed by atoms with van der Waals surface area (Å²) in [4.78, 5) is 49.8. The van der Waals surface area contributed by atoms with Crippen LogP contribution in [0.25, 0.3) is 11.0 Å². The molecule has 2 N–H and O–H groups in total. The molecule has 33 heavy (non-hydrogen) atoms. The molecule has 4 rings (SSSR count). The molecule has 10 heteroatoms. The molecule has 0 bridgehead atoms. The van der Waals surface area contributed by atoms with Crippen molar-refractivity contribution in [1.82, 2.24) is 19.4 Å². The molecule has 2 saturated heterocycles. The highest BCUT2D eigenvalue weighted by Crippen LogP contribution is 2.26. The molecule has 1 aromatic heterocycles. The van der Waals surface area contributed by atoms with Crippen LogP contribution in [0.1, 0.15) is 57.1 Å². The Bertz CT molecular complexity index is 1140. The average Bonchev–Trinajstić information content (AvgIpc) is 3.03. The van der Waals surface area contributed by atoms with Crippen LogP contribution in [0, 0.1) is 0 Å². The second kappa shape index (κ2) is 9.38. The molecule has 0 saturated carbocycles. The number of benzene rings is 1. The number of fused-ring (bicyclic) bond motifs is 1. The minimum absolute atomic E-state index is 0.167. The fourth-order valence-electron chi connectivity index (χ4n) is 4.91. The number of hydrogen-bond donors (Lipinski definition) is 2. The van der Waals surface area contributed by atoms with Gasteiger partial charge in [-0.1, -0.05) is 12.1 Å². The number of rotatable bonds is 6. The number of carbonyl (C=O) groups excluding carboxylic acids is 2. The molecule has 3 heterocycles. The number of likely N-dealkylation sites (tertiary alicyclic amines) is 1. The first-order chi connectivity index (χ1) is 15.8. The van der Waals surface area contributed by atoms with Gasteiger partial charge in [-0.3, -0.25) is 28.9 Å². The number of carbonyl (C=O) groups is 3. The van der Waals surface area contributed by atoms with Crippen molar-refractivity contribution >= 4 is 28.9 Å². The number of imide groups is 1. The van der Waals surface area contributed by atoms with Crippen molar-refractivity contribution in [1.29, 1.82) is 0 Å². The molecule has 10 nitrogen and oxygen atoms in total. The first-order valence-corrected chi connectivity index (χ1v) is 11.5. The Kier molecular flexibility index (Phi) is 6.55. The number of hydrogen-bond acceptors (Lipinski definition) is 5. The number of ether oxygens (including phenoxy) is 1. The number of aromatic nitrogens is 2. The Morgan fingerprint density at radius 1 is 1.24 bits per heavy atom. The zero-order valence-electron chi connectivity index (χ0n) is 19.0. The van der Waals surface area contributed by atoms with Gasteiger partial charge in [-0.2, -0.15) is 0 Å². The number of nitrogens with zero attached hydrogens (tertiary/aromatic N) is 3. The summed E-state index contributed by atoms with van der Waals surface area (Å²) >= 11 is 0. The summed E-state index contributed by atoms with van der Waals surface area (Å²) in [5, 5.41) is 11.7. The highest BCUT2D eigenvalue weighted by molar-refractivity contribution is 6.00. The van der Waals surface area contributed by atoms with Crippen molar-refractivity contribution in [2.75, 3.05) is 6.54 Å². The number of aryl methyl sites for hydroxylation is 2. The molecule has 0 radical (unpaired) electrons. The summed E-state index contributed by atoms with van der Waals surface area (Å²) in [7, 11) is 1.68. The highest BCUT2D eigenvalue weighted by Gasteiger charge is 2.32. The van der Waals surface area contributed by atoms with Gasteiger partial charge in [0.2, 0.25) is 11.8 Å². The van der Waals surface area contributed by atoms with Crippen molar-refractivity contribution < 1.29 is 24.2 Å². The van der Waals surface area contributed by atoms with Crippen molar-refractivity contribution in [3.8, 4) is 0 Å². The van der Waals surface area contributed by atoms with Crippen LogP contribution in [0.15, 0.2) is 23.0 Å². The summed E-state index contributed by atoms with van der Waals surface area (Å²) in [6.45, 7) is 2.42. The second-order valence-electron chi connectivity index (χ2n) is 8.88. The molecule has 3 amide bonds. The lowest BCUT2D eigenvalue weighted by Crippen LogP contribution is -2.45. The van der Waals surface area contributed by atoms with Crippen LogP contribution in [0.5, 0.6) is 0 Å². The van der Waals surface area contributed by atoms with Crippen molar-refractivity contribution in [2.45, 2.75) is 70.2 Å². The molecule has 2 aromatic rings. The van der Waals surface area contributed by atoms with E-state index in [9.17, 15) is 24.3 Å². The predicted octanol–water partition coefficient (Wildman–Crippen LogP) is 2.15. The molecule has 2 fully saturated rings. The molecule has 3 atom stereocenters. The fourth-order valence-corrected chi connectivity index (χ4v) is 4.91. The van der Waals surface area contributed by atoms with Gasteiger partial charge >= 0.3 is 11.8 Å². The van der Waals surface area contributed by atoms with Crippen LogP contribution >= 0.6 is 0 Å². The van der Waals surface area contributed by atoms with Gasteiger partial charge in [-0.05, 0) is 57.1 Å². The Hall–Kier alpha value is -3.14. The van der Waals surface area contributed by atoms with Crippen LogP contribution in [0.4, 0.5) is 4.79 Å². The van der Waals surface area contributed by atoms with Crippen molar-refractivity contribution in [2.24, 2.45) is 7.05 Å². The average molecular weight is 459 g/mol. The largest absolute Gasteiger partial charge is 0.465 e. The van der Waals surface area contributed by atoms with E-state index >= 15 is 0 Å². The van der Waals surface area contributed by atoms with Crippen molar-refractivity contribution in [3.63, 3.8) is 0 Å². The van der Waals surface area contributed by atoms with Crippen LogP contribution in [0.2, 0.25) is 0 Å². The molecule has 1 aromatic carbocycles. The molecule has 2 aliphatic heterocycles. The molecular weight excluding hydrogens is 428 g/mol. The molecule has 0 aliphatic carbocycles. The van der Waals surface area contributed by atoms with Gasteiger partial charge in [-0.25, -0.2) is 9.59 Å². The standard InChI is InChI=1S/C23H30N4O6/c1-14(33-19-8-3-4-13-26(19)23(31)32)9-10-15-6-5-7-16-20(15)25(2)22(30)27(16)17-11-12-18(28)24-21(17)29/h5-7,14,17,19H,3-4,8-13H2,1-2H3,(H,31,32)(H,24,28,29)/t14-,17?,19?/m0/s1. The Balaban J connectivity index is 1.53. The quantitative estimate of drug-likeness (QED) is 0.640. The van der Waals surface area contributed by atoms with E-state index in [-0.39, 0.29) is 24.1 Å². The number of para-hydroxylation sites is 1. The number of piperidine rings is 2. The van der Waals surface area contributed by atoms with E-state index in [0.29, 0.717) is 37.7 Å².